The molecule has 0 aliphatic carbocycles. The van der Waals surface area contributed by atoms with Crippen molar-refractivity contribution in [2.24, 2.45) is 0 Å². The van der Waals surface area contributed by atoms with Gasteiger partial charge in [0.1, 0.15) is 0 Å². The quantitative estimate of drug-likeness (QED) is 0.557. The van der Waals surface area contributed by atoms with Crippen LogP contribution in [0.4, 0.5) is 0 Å². The summed E-state index contributed by atoms with van der Waals surface area (Å²) < 4.78 is 0. The summed E-state index contributed by atoms with van der Waals surface area (Å²) in [7, 11) is 9.65. The number of hydrogen-bond acceptors (Lipinski definition) is 0. The van der Waals surface area contributed by atoms with E-state index >= 15 is 0 Å². The molecule has 0 heterocycles. The first-order chi connectivity index (χ1) is 1.41. The fraction of sp³-hybridized carbons (Fsp3) is 0. The Bertz CT molecular complexity index is 6.00. The van der Waals surface area contributed by atoms with E-state index in [4.69, 9.17) is 20.2 Å². The molecule has 4 heavy (non-hydrogen) atoms. The zero-order valence-electron chi connectivity index (χ0n) is 1.61. The molecule has 0 spiro atoms. The van der Waals surface area contributed by atoms with E-state index in [0.29, 0.717) is 0 Å². The minimum atomic E-state index is -0.181. The molecule has 0 nitrogen and oxygen atoms in total. The van der Waals surface area contributed by atoms with Crippen LogP contribution in [0.25, 0.3) is 0 Å². The second kappa shape index (κ2) is 8.88. The third kappa shape index (κ3) is 9.01. The average Bonchev–Trinajstić information content (AvgIpc) is 0.918. The summed E-state index contributed by atoms with van der Waals surface area (Å²) in [6.07, 6.45) is 0. The summed E-state index contributed by atoms with van der Waals surface area (Å²) >= 11 is -0.181. The Hall–Kier alpha value is 1.98. The molecular weight excluding hydrogens is 359 g/mol. The molecule has 0 amide bonds. The van der Waals surface area contributed by atoms with Gasteiger partial charge in [0.2, 0.25) is 0 Å². The van der Waals surface area contributed by atoms with Crippen LogP contribution in [0.5, 0.6) is 0 Å². The van der Waals surface area contributed by atoms with Crippen LogP contribution in [0, 0.1) is 0 Å². The maximum absolute atomic E-state index is 4.83. The summed E-state index contributed by atoms with van der Waals surface area (Å²) in [5, 5.41) is 0. The van der Waals surface area contributed by atoms with E-state index in [2.05, 4.69) is 0 Å². The van der Waals surface area contributed by atoms with Crippen LogP contribution in [-0.2, 0) is 0 Å². The Morgan fingerprint density at radius 3 is 1.25 bits per heavy atom. The van der Waals surface area contributed by atoms with Crippen molar-refractivity contribution in [3.63, 3.8) is 0 Å². The summed E-state index contributed by atoms with van der Waals surface area (Å²) in [4.78, 5) is 0. The van der Waals surface area contributed by atoms with Crippen LogP contribution in [0.15, 0.2) is 0 Å². The molecule has 0 aliphatic rings. The molecule has 0 aromatic carbocycles. The van der Waals surface area contributed by atoms with E-state index < -0.39 is 0 Å². The fourth-order valence-corrected chi connectivity index (χ4v) is 0. The molecule has 0 N–H and O–H groups in total. The van der Waals surface area contributed by atoms with Gasteiger partial charge in [-0.3, -0.25) is 0 Å². The van der Waals surface area contributed by atoms with Crippen molar-refractivity contribution in [3.05, 3.63) is 0 Å². The van der Waals surface area contributed by atoms with Gasteiger partial charge in [-0.05, 0) is 0 Å². The smallest absolute Gasteiger partial charge is 0 e. The van der Waals surface area contributed by atoms with E-state index in [9.17, 15) is 0 Å². The molecule has 25 valence electrons. The monoisotopic (exact) mass is 359 g/mol. The molecule has 4 heteroatoms. The first-order valence-corrected chi connectivity index (χ1v) is 4.81. The van der Waals surface area contributed by atoms with Crippen molar-refractivity contribution in [2.75, 3.05) is 0 Å². The van der Waals surface area contributed by atoms with Gasteiger partial charge in [0.25, 0.3) is 0 Å². The van der Waals surface area contributed by atoms with Crippen LogP contribution in [0.3, 0.4) is 0 Å². The van der Waals surface area contributed by atoms with Gasteiger partial charge in [-0.25, -0.2) is 0 Å². The molecule has 0 fully saturated rings. The van der Waals surface area contributed by atoms with Crippen molar-refractivity contribution >= 4 is 59.5 Å². The van der Waals surface area contributed by atoms with Gasteiger partial charge in [0.05, 0.1) is 0 Å². The van der Waals surface area contributed by atoms with E-state index in [-0.39, 0.29) is 39.3 Å². The Morgan fingerprint density at radius 1 is 1.25 bits per heavy atom. The molecule has 0 atom stereocenters. The predicted molar refractivity (Wildman–Crippen MR) is 23.2 cm³/mol. The Kier molecular flexibility index (Phi) is 20.8. The average molecular weight is 359 g/mol. The van der Waals surface area contributed by atoms with E-state index in [0.717, 1.165) is 0 Å². The van der Waals surface area contributed by atoms with Crippen LogP contribution >= 0.6 is 20.2 Å². The molecule has 0 aromatic rings. The van der Waals surface area contributed by atoms with Crippen LogP contribution in [0.2, 0.25) is 0 Å². The van der Waals surface area contributed by atoms with Gasteiger partial charge in [0, 0.05) is 26.2 Å². The molecule has 0 rings (SSSR count). The van der Waals surface area contributed by atoms with E-state index in [1.807, 2.05) is 0 Å². The first-order valence-electron chi connectivity index (χ1n) is 0.309. The van der Waals surface area contributed by atoms with Crippen molar-refractivity contribution in [2.45, 2.75) is 0 Å². The van der Waals surface area contributed by atoms with Gasteiger partial charge in [-0.15, -0.1) is 0 Å². The largest absolute Gasteiger partial charge is 0 e. The van der Waals surface area contributed by atoms with Crippen molar-refractivity contribution in [3.8, 4) is 0 Å². The van der Waals surface area contributed by atoms with Crippen molar-refractivity contribution < 1.29 is 0 Å². The van der Waals surface area contributed by atoms with E-state index in [1.54, 1.807) is 0 Å². The maximum atomic E-state index is 4.83. The Morgan fingerprint density at radius 2 is 1.25 bits per heavy atom. The predicted octanol–water partition coefficient (Wildman–Crippen LogP) is 0.617. The molecule has 0 bridgehead atoms. The Balaban J connectivity index is 0. The number of hydrogen-bond donors (Lipinski definition) is 0. The first kappa shape index (κ1) is 9.36. The zero-order valence-corrected chi connectivity index (χ0v) is 8.31. The normalized spacial score (nSPS) is 4.50. The topological polar surface area (TPSA) is 0 Å². The molecule has 0 aliphatic heterocycles. The van der Waals surface area contributed by atoms with Crippen LogP contribution < -0.4 is 0 Å². The van der Waals surface area contributed by atoms with E-state index in [1.165, 1.54) is 0 Å². The molecule has 0 aromatic heterocycles. The summed E-state index contributed by atoms with van der Waals surface area (Å²) in [5.41, 5.74) is 0. The molecule has 0 saturated carbocycles. The number of halogens is 2. The van der Waals surface area contributed by atoms with Gasteiger partial charge < -0.3 is 0 Å². The summed E-state index contributed by atoms with van der Waals surface area (Å²) in [5.74, 6) is 0. The second-order valence-electron chi connectivity index (χ2n) is 0.0583. The van der Waals surface area contributed by atoms with Gasteiger partial charge in [-0.1, -0.05) is 0 Å². The molecule has 0 unspecified atom stereocenters. The zero-order chi connectivity index (χ0) is 2.71. The minimum Gasteiger partial charge on any atom is 0 e. The second-order valence-corrected chi connectivity index (χ2v) is 2.73. The Labute approximate surface area is 59.0 Å². The standard InChI is InChI=1S/Bi.Cl2Se/c;1-3-2. The minimum absolute atomic E-state index is 0. The van der Waals surface area contributed by atoms with Crippen LogP contribution in [-0.4, -0.2) is 39.3 Å². The van der Waals surface area contributed by atoms with Gasteiger partial charge >= 0.3 is 33.3 Å². The summed E-state index contributed by atoms with van der Waals surface area (Å²) in [6, 6.07) is 0. The third-order valence-corrected chi connectivity index (χ3v) is 0. The van der Waals surface area contributed by atoms with Crippen LogP contribution in [0.1, 0.15) is 0 Å². The fourth-order valence-electron chi connectivity index (χ4n) is 0. The third-order valence-electron chi connectivity index (χ3n) is 0. The molecular formula is BiCl2Se. The van der Waals surface area contributed by atoms with Crippen molar-refractivity contribution in [1.29, 1.82) is 0 Å². The molecule has 3 radical (unpaired) electrons. The maximum Gasteiger partial charge on any atom is 0 e. The van der Waals surface area contributed by atoms with Crippen molar-refractivity contribution in [1.82, 2.24) is 0 Å². The molecule has 0 saturated heterocycles. The van der Waals surface area contributed by atoms with Gasteiger partial charge in [0.15, 0.2) is 0 Å². The van der Waals surface area contributed by atoms with Gasteiger partial charge in [-0.2, -0.15) is 0 Å². The SMILES string of the molecule is Cl[Se]Cl.[Bi]. The summed E-state index contributed by atoms with van der Waals surface area (Å²) in [6.45, 7) is 0. The number of rotatable bonds is 0.